The van der Waals surface area contributed by atoms with Crippen LogP contribution < -0.4 is 0 Å². The van der Waals surface area contributed by atoms with Crippen molar-refractivity contribution in [3.05, 3.63) is 71.6 Å². The molecule has 1 aromatic carbocycles. The summed E-state index contributed by atoms with van der Waals surface area (Å²) in [6.45, 7) is 7.20. The molecule has 2 heteroatoms. The molecule has 21 heavy (non-hydrogen) atoms. The van der Waals surface area contributed by atoms with Gasteiger partial charge in [-0.05, 0) is 43.0 Å². The maximum absolute atomic E-state index is 12.9. The molecule has 0 spiro atoms. The lowest BCUT2D eigenvalue weighted by molar-refractivity contribution is 0.0993. The maximum Gasteiger partial charge on any atom is 0.167 e. The molecule has 0 N–H and O–H groups in total. The topological polar surface area (TPSA) is 17.1 Å². The average molecular weight is 286 g/mol. The van der Waals surface area contributed by atoms with Gasteiger partial charge in [0.2, 0.25) is 0 Å². The first-order valence-corrected chi connectivity index (χ1v) is 7.36. The van der Waals surface area contributed by atoms with E-state index in [4.69, 9.17) is 0 Å². The lowest BCUT2D eigenvalue weighted by Gasteiger charge is -2.05. The van der Waals surface area contributed by atoms with Crippen LogP contribution in [0.4, 0.5) is 4.39 Å². The highest BCUT2D eigenvalue weighted by Crippen LogP contribution is 2.15. The van der Waals surface area contributed by atoms with Crippen LogP contribution in [0.3, 0.4) is 0 Å². The van der Waals surface area contributed by atoms with E-state index in [1.807, 2.05) is 31.2 Å². The van der Waals surface area contributed by atoms with Crippen LogP contribution in [0.15, 0.2) is 60.5 Å². The number of allylic oxidation sites excluding steroid dienone is 5. The molecule has 1 aromatic rings. The Morgan fingerprint density at radius 3 is 2.76 bits per heavy atom. The Balaban J connectivity index is 2.85. The summed E-state index contributed by atoms with van der Waals surface area (Å²) in [6.07, 6.45) is 8.25. The summed E-state index contributed by atoms with van der Waals surface area (Å²) >= 11 is 0. The first-order valence-electron chi connectivity index (χ1n) is 7.36. The molecule has 0 aliphatic carbocycles. The third kappa shape index (κ3) is 6.35. The van der Waals surface area contributed by atoms with Crippen LogP contribution in [0.2, 0.25) is 0 Å². The second-order valence-electron chi connectivity index (χ2n) is 5.07. The molecule has 0 saturated carbocycles. The van der Waals surface area contributed by atoms with Crippen LogP contribution >= 0.6 is 0 Å². The number of benzene rings is 1. The van der Waals surface area contributed by atoms with Gasteiger partial charge < -0.3 is 0 Å². The summed E-state index contributed by atoms with van der Waals surface area (Å²) in [7, 11) is 0. The van der Waals surface area contributed by atoms with Crippen LogP contribution in [0.5, 0.6) is 0 Å². The Bertz CT molecular complexity index is 552. The summed E-state index contributed by atoms with van der Waals surface area (Å²) in [5.41, 5.74) is 2.49. The van der Waals surface area contributed by atoms with Gasteiger partial charge in [0.25, 0.3) is 0 Å². The molecule has 0 unspecified atom stereocenters. The van der Waals surface area contributed by atoms with Crippen LogP contribution in [0.25, 0.3) is 0 Å². The SMILES string of the molecule is C=C(F)/C=C(\C=C/C)CC(=O)c1cccc(CCCC)c1. The minimum absolute atomic E-state index is 0.000974. The van der Waals surface area contributed by atoms with Crippen LogP contribution in [-0.2, 0) is 6.42 Å². The van der Waals surface area contributed by atoms with Crippen LogP contribution in [0.1, 0.15) is 49.0 Å². The largest absolute Gasteiger partial charge is 0.294 e. The van der Waals surface area contributed by atoms with Crippen molar-refractivity contribution in [1.82, 2.24) is 0 Å². The van der Waals surface area contributed by atoms with E-state index in [1.165, 1.54) is 11.6 Å². The first-order chi connectivity index (χ1) is 10.1. The molecule has 0 radical (unpaired) electrons. The number of carbonyl (C=O) groups excluding carboxylic acids is 1. The fourth-order valence-electron chi connectivity index (χ4n) is 2.14. The van der Waals surface area contributed by atoms with E-state index in [-0.39, 0.29) is 12.2 Å². The summed E-state index contributed by atoms with van der Waals surface area (Å²) in [5, 5.41) is 0. The van der Waals surface area contributed by atoms with Crippen molar-refractivity contribution in [3.8, 4) is 0 Å². The molecule has 0 bridgehead atoms. The van der Waals surface area contributed by atoms with E-state index in [1.54, 1.807) is 12.2 Å². The van der Waals surface area contributed by atoms with E-state index in [2.05, 4.69) is 13.5 Å². The van der Waals surface area contributed by atoms with Gasteiger partial charge in [0.15, 0.2) is 5.78 Å². The van der Waals surface area contributed by atoms with E-state index >= 15 is 0 Å². The first kappa shape index (κ1) is 17.1. The van der Waals surface area contributed by atoms with Crippen LogP contribution in [0, 0.1) is 0 Å². The molecule has 0 amide bonds. The molecule has 0 heterocycles. The molecular weight excluding hydrogens is 263 g/mol. The number of rotatable bonds is 8. The lowest BCUT2D eigenvalue weighted by atomic mass is 9.99. The quantitative estimate of drug-likeness (QED) is 0.450. The van der Waals surface area contributed by atoms with Gasteiger partial charge in [-0.2, -0.15) is 0 Å². The second-order valence-corrected chi connectivity index (χ2v) is 5.07. The number of aryl methyl sites for hydroxylation is 1. The molecule has 1 rings (SSSR count). The summed E-state index contributed by atoms with van der Waals surface area (Å²) in [4.78, 5) is 12.3. The Morgan fingerprint density at radius 1 is 1.38 bits per heavy atom. The molecule has 0 aliphatic heterocycles. The number of Topliss-reactive ketones (excluding diaryl/α,β-unsaturated/α-hetero) is 1. The third-order valence-corrected chi connectivity index (χ3v) is 3.16. The molecule has 0 saturated heterocycles. The van der Waals surface area contributed by atoms with Gasteiger partial charge in [0, 0.05) is 12.0 Å². The Labute approximate surface area is 126 Å². The molecule has 112 valence electrons. The van der Waals surface area contributed by atoms with E-state index in [9.17, 15) is 9.18 Å². The predicted molar refractivity (Wildman–Crippen MR) is 87.1 cm³/mol. The number of unbranched alkanes of at least 4 members (excludes halogenated alkanes) is 1. The molecule has 0 aliphatic rings. The Morgan fingerprint density at radius 2 is 2.14 bits per heavy atom. The summed E-state index contributed by atoms with van der Waals surface area (Å²) < 4.78 is 12.9. The number of hydrogen-bond acceptors (Lipinski definition) is 1. The number of halogens is 1. The van der Waals surface area contributed by atoms with Gasteiger partial charge in [-0.3, -0.25) is 4.79 Å². The fourth-order valence-corrected chi connectivity index (χ4v) is 2.14. The third-order valence-electron chi connectivity index (χ3n) is 3.16. The van der Waals surface area contributed by atoms with Crippen molar-refractivity contribution in [2.75, 3.05) is 0 Å². The zero-order valence-electron chi connectivity index (χ0n) is 12.9. The van der Waals surface area contributed by atoms with Crippen LogP contribution in [-0.4, -0.2) is 5.78 Å². The summed E-state index contributed by atoms with van der Waals surface area (Å²) in [6, 6.07) is 7.70. The standard InChI is InChI=1S/C19H23FO/c1-4-6-9-16-10-7-11-18(13-16)19(21)14-17(8-5-2)12-15(3)20/h5,7-8,10-13H,3-4,6,9,14H2,1-2H3/b8-5-,17-12+. The maximum atomic E-state index is 12.9. The highest BCUT2D eigenvalue weighted by atomic mass is 19.1. The zero-order valence-corrected chi connectivity index (χ0v) is 12.9. The average Bonchev–Trinajstić information content (AvgIpc) is 2.45. The van der Waals surface area contributed by atoms with Gasteiger partial charge in [-0.1, -0.05) is 50.3 Å². The molecule has 1 nitrogen and oxygen atoms in total. The minimum atomic E-state index is -0.535. The molecule has 0 aromatic heterocycles. The highest BCUT2D eigenvalue weighted by Gasteiger charge is 2.08. The van der Waals surface area contributed by atoms with Crippen molar-refractivity contribution in [2.45, 2.75) is 39.5 Å². The van der Waals surface area contributed by atoms with Gasteiger partial charge >= 0.3 is 0 Å². The number of carbonyl (C=O) groups is 1. The predicted octanol–water partition coefficient (Wildman–Crippen LogP) is 5.59. The Kier molecular flexibility index (Phi) is 7.38. The summed E-state index contributed by atoms with van der Waals surface area (Å²) in [5.74, 6) is -0.536. The van der Waals surface area contributed by atoms with Gasteiger partial charge in [0.05, 0.1) is 0 Å². The van der Waals surface area contributed by atoms with Crippen molar-refractivity contribution in [3.63, 3.8) is 0 Å². The van der Waals surface area contributed by atoms with Gasteiger partial charge in [-0.15, -0.1) is 0 Å². The molecule has 0 fully saturated rings. The lowest BCUT2D eigenvalue weighted by Crippen LogP contribution is -2.01. The monoisotopic (exact) mass is 286 g/mol. The number of ketones is 1. The highest BCUT2D eigenvalue weighted by molar-refractivity contribution is 5.98. The van der Waals surface area contributed by atoms with E-state index in [0.29, 0.717) is 11.1 Å². The van der Waals surface area contributed by atoms with Crippen molar-refractivity contribution in [1.29, 1.82) is 0 Å². The zero-order chi connectivity index (χ0) is 15.7. The normalized spacial score (nSPS) is 11.9. The molecule has 0 atom stereocenters. The van der Waals surface area contributed by atoms with E-state index in [0.717, 1.165) is 19.3 Å². The van der Waals surface area contributed by atoms with E-state index < -0.39 is 5.83 Å². The van der Waals surface area contributed by atoms with Gasteiger partial charge in [-0.25, -0.2) is 4.39 Å². The smallest absolute Gasteiger partial charge is 0.167 e. The van der Waals surface area contributed by atoms with Crippen molar-refractivity contribution in [2.24, 2.45) is 0 Å². The number of hydrogen-bond donors (Lipinski definition) is 0. The van der Waals surface area contributed by atoms with Crippen molar-refractivity contribution >= 4 is 5.78 Å². The Hall–Kier alpha value is -1.96. The fraction of sp³-hybridized carbons (Fsp3) is 0.316. The second kappa shape index (κ2) is 9.06. The van der Waals surface area contributed by atoms with Crippen molar-refractivity contribution < 1.29 is 9.18 Å². The minimum Gasteiger partial charge on any atom is -0.294 e. The molecular formula is C19H23FO. The van der Waals surface area contributed by atoms with Gasteiger partial charge in [0.1, 0.15) is 5.83 Å².